The van der Waals surface area contributed by atoms with Crippen molar-refractivity contribution in [1.82, 2.24) is 5.32 Å². The summed E-state index contributed by atoms with van der Waals surface area (Å²) in [5.74, 6) is 5.07. The second kappa shape index (κ2) is 6.88. The molecule has 2 N–H and O–H groups in total. The average Bonchev–Trinajstić information content (AvgIpc) is 2.36. The standard InChI is InChI=1S/C14H14N2O2/c1-3-9-16(10-4-2)13-8-6-5-7-12(13)11-15-14(17)18/h1-2,5-8,15H,9-11H2,(H,17,18). The van der Waals surface area contributed by atoms with E-state index in [2.05, 4.69) is 17.2 Å². The maximum absolute atomic E-state index is 10.5. The molecule has 18 heavy (non-hydrogen) atoms. The van der Waals surface area contributed by atoms with E-state index in [4.69, 9.17) is 18.0 Å². The molecule has 92 valence electrons. The van der Waals surface area contributed by atoms with Crippen LogP contribution in [-0.2, 0) is 6.54 Å². The maximum atomic E-state index is 10.5. The molecule has 0 atom stereocenters. The molecule has 0 aliphatic carbocycles. The smallest absolute Gasteiger partial charge is 0.404 e. The van der Waals surface area contributed by atoms with Crippen molar-refractivity contribution in [2.24, 2.45) is 0 Å². The molecule has 0 fully saturated rings. The first kappa shape index (κ1) is 13.5. The monoisotopic (exact) mass is 242 g/mol. The van der Waals surface area contributed by atoms with E-state index >= 15 is 0 Å². The first-order chi connectivity index (χ1) is 8.69. The Bertz CT molecular complexity index is 481. The molecule has 0 heterocycles. The molecule has 0 saturated heterocycles. The number of para-hydroxylation sites is 1. The van der Waals surface area contributed by atoms with Gasteiger partial charge in [-0.2, -0.15) is 0 Å². The maximum Gasteiger partial charge on any atom is 0.404 e. The van der Waals surface area contributed by atoms with Gasteiger partial charge >= 0.3 is 6.09 Å². The van der Waals surface area contributed by atoms with Crippen molar-refractivity contribution in [1.29, 1.82) is 0 Å². The van der Waals surface area contributed by atoms with E-state index in [1.54, 1.807) is 0 Å². The number of amides is 1. The van der Waals surface area contributed by atoms with Crippen LogP contribution in [0.4, 0.5) is 10.5 Å². The van der Waals surface area contributed by atoms with Crippen LogP contribution in [0.2, 0.25) is 0 Å². The molecule has 4 heteroatoms. The Labute approximate surface area is 107 Å². The molecule has 0 spiro atoms. The predicted octanol–water partition coefficient (Wildman–Crippen LogP) is 1.53. The number of hydrogen-bond acceptors (Lipinski definition) is 2. The summed E-state index contributed by atoms with van der Waals surface area (Å²) in [7, 11) is 0. The first-order valence-corrected chi connectivity index (χ1v) is 5.35. The van der Waals surface area contributed by atoms with Gasteiger partial charge in [0.25, 0.3) is 0 Å². The molecule has 0 aliphatic rings. The number of carboxylic acid groups (broad SMARTS) is 1. The topological polar surface area (TPSA) is 52.6 Å². The molecule has 0 bridgehead atoms. The van der Waals surface area contributed by atoms with Crippen molar-refractivity contribution in [3.63, 3.8) is 0 Å². The Balaban J connectivity index is 2.95. The van der Waals surface area contributed by atoms with E-state index in [1.165, 1.54) is 0 Å². The van der Waals surface area contributed by atoms with Crippen LogP contribution in [0.25, 0.3) is 0 Å². The number of nitrogens with one attached hydrogen (secondary N) is 1. The summed E-state index contributed by atoms with van der Waals surface area (Å²) in [5, 5.41) is 10.9. The lowest BCUT2D eigenvalue weighted by molar-refractivity contribution is 0.194. The van der Waals surface area contributed by atoms with E-state index in [0.717, 1.165) is 11.3 Å². The number of hydrogen-bond donors (Lipinski definition) is 2. The Hall–Kier alpha value is -2.59. The summed E-state index contributed by atoms with van der Waals surface area (Å²) in [6, 6.07) is 7.41. The van der Waals surface area contributed by atoms with E-state index < -0.39 is 6.09 Å². The van der Waals surface area contributed by atoms with Crippen molar-refractivity contribution in [2.75, 3.05) is 18.0 Å². The fourth-order valence-corrected chi connectivity index (χ4v) is 1.59. The lowest BCUT2D eigenvalue weighted by atomic mass is 10.1. The molecule has 1 rings (SSSR count). The minimum absolute atomic E-state index is 0.219. The van der Waals surface area contributed by atoms with Crippen LogP contribution in [0, 0.1) is 24.7 Å². The van der Waals surface area contributed by atoms with Gasteiger partial charge in [0.1, 0.15) is 0 Å². The zero-order chi connectivity index (χ0) is 13.4. The molecule has 0 aromatic heterocycles. The number of nitrogens with zero attached hydrogens (tertiary/aromatic N) is 1. The van der Waals surface area contributed by atoms with Crippen LogP contribution in [-0.4, -0.2) is 24.3 Å². The predicted molar refractivity (Wildman–Crippen MR) is 71.2 cm³/mol. The van der Waals surface area contributed by atoms with Crippen LogP contribution >= 0.6 is 0 Å². The van der Waals surface area contributed by atoms with E-state index in [1.807, 2.05) is 29.2 Å². The van der Waals surface area contributed by atoms with E-state index in [0.29, 0.717) is 13.1 Å². The summed E-state index contributed by atoms with van der Waals surface area (Å²) in [6.07, 6.45) is 9.53. The summed E-state index contributed by atoms with van der Waals surface area (Å²) in [6.45, 7) is 0.986. The van der Waals surface area contributed by atoms with Gasteiger partial charge in [-0.05, 0) is 11.6 Å². The summed E-state index contributed by atoms with van der Waals surface area (Å²) in [4.78, 5) is 12.4. The van der Waals surface area contributed by atoms with Crippen molar-refractivity contribution in [3.8, 4) is 24.7 Å². The third-order valence-electron chi connectivity index (χ3n) is 2.33. The molecule has 4 nitrogen and oxygen atoms in total. The highest BCUT2D eigenvalue weighted by Crippen LogP contribution is 2.19. The van der Waals surface area contributed by atoms with Gasteiger partial charge in [-0.25, -0.2) is 4.79 Å². The van der Waals surface area contributed by atoms with Gasteiger partial charge in [-0.3, -0.25) is 0 Å². The zero-order valence-corrected chi connectivity index (χ0v) is 9.89. The second-order valence-corrected chi connectivity index (χ2v) is 3.55. The fraction of sp³-hybridized carbons (Fsp3) is 0.214. The molecule has 0 unspecified atom stereocenters. The Morgan fingerprint density at radius 2 is 1.89 bits per heavy atom. The quantitative estimate of drug-likeness (QED) is 0.770. The van der Waals surface area contributed by atoms with Crippen molar-refractivity contribution < 1.29 is 9.90 Å². The van der Waals surface area contributed by atoms with Crippen LogP contribution in [0.1, 0.15) is 5.56 Å². The van der Waals surface area contributed by atoms with Crippen molar-refractivity contribution in [2.45, 2.75) is 6.54 Å². The second-order valence-electron chi connectivity index (χ2n) is 3.55. The summed E-state index contributed by atoms with van der Waals surface area (Å²) < 4.78 is 0. The van der Waals surface area contributed by atoms with Crippen molar-refractivity contribution in [3.05, 3.63) is 29.8 Å². The Morgan fingerprint density at radius 1 is 1.28 bits per heavy atom. The third-order valence-corrected chi connectivity index (χ3v) is 2.33. The van der Waals surface area contributed by atoms with Crippen LogP contribution in [0.5, 0.6) is 0 Å². The van der Waals surface area contributed by atoms with Gasteiger partial charge in [0.2, 0.25) is 0 Å². The summed E-state index contributed by atoms with van der Waals surface area (Å²) >= 11 is 0. The minimum Gasteiger partial charge on any atom is -0.465 e. The summed E-state index contributed by atoms with van der Waals surface area (Å²) in [5.41, 5.74) is 1.69. The molecule has 1 aromatic carbocycles. The average molecular weight is 242 g/mol. The van der Waals surface area contributed by atoms with Gasteiger partial charge in [-0.1, -0.05) is 30.0 Å². The molecular weight excluding hydrogens is 228 g/mol. The first-order valence-electron chi connectivity index (χ1n) is 5.35. The van der Waals surface area contributed by atoms with Crippen LogP contribution in [0.3, 0.4) is 0 Å². The SMILES string of the molecule is C#CCN(CC#C)c1ccccc1CNC(=O)O. The highest BCUT2D eigenvalue weighted by Gasteiger charge is 2.09. The lowest BCUT2D eigenvalue weighted by Gasteiger charge is -2.22. The minimum atomic E-state index is -1.06. The molecule has 0 saturated carbocycles. The Morgan fingerprint density at radius 3 is 2.44 bits per heavy atom. The van der Waals surface area contributed by atoms with Crippen LogP contribution in [0.15, 0.2) is 24.3 Å². The molecule has 0 aliphatic heterocycles. The van der Waals surface area contributed by atoms with Gasteiger partial charge in [0, 0.05) is 12.2 Å². The van der Waals surface area contributed by atoms with Gasteiger partial charge in [-0.15, -0.1) is 12.8 Å². The molecular formula is C14H14N2O2. The highest BCUT2D eigenvalue weighted by atomic mass is 16.4. The largest absolute Gasteiger partial charge is 0.465 e. The molecule has 1 amide bonds. The number of rotatable bonds is 5. The normalized spacial score (nSPS) is 9.00. The zero-order valence-electron chi connectivity index (χ0n) is 9.89. The van der Waals surface area contributed by atoms with E-state index in [9.17, 15) is 4.79 Å². The number of benzene rings is 1. The molecule has 1 aromatic rings. The van der Waals surface area contributed by atoms with Gasteiger partial charge < -0.3 is 15.3 Å². The number of terminal acetylenes is 2. The van der Waals surface area contributed by atoms with Gasteiger partial charge in [0.15, 0.2) is 0 Å². The highest BCUT2D eigenvalue weighted by molar-refractivity contribution is 5.65. The van der Waals surface area contributed by atoms with E-state index in [-0.39, 0.29) is 6.54 Å². The Kier molecular flexibility index (Phi) is 5.15. The third kappa shape index (κ3) is 3.77. The van der Waals surface area contributed by atoms with Crippen LogP contribution < -0.4 is 10.2 Å². The van der Waals surface area contributed by atoms with Crippen molar-refractivity contribution >= 4 is 11.8 Å². The molecule has 0 radical (unpaired) electrons. The number of carbonyl (C=O) groups is 1. The fourth-order valence-electron chi connectivity index (χ4n) is 1.59. The lowest BCUT2D eigenvalue weighted by Crippen LogP contribution is -2.27. The number of anilines is 1. The van der Waals surface area contributed by atoms with Gasteiger partial charge in [0.05, 0.1) is 13.1 Å².